The highest BCUT2D eigenvalue weighted by molar-refractivity contribution is 6.30. The SMILES string of the molecule is CCOC(=O)C(C(=O)OCC)c1cc(Cl)ccc1OC. The van der Waals surface area contributed by atoms with Gasteiger partial charge in [-0.15, -0.1) is 0 Å². The van der Waals surface area contributed by atoms with Gasteiger partial charge in [0.05, 0.1) is 20.3 Å². The molecule has 0 bridgehead atoms. The maximum atomic E-state index is 12.0. The highest BCUT2D eigenvalue weighted by Gasteiger charge is 2.34. The first-order valence-electron chi connectivity index (χ1n) is 6.21. The molecule has 1 aromatic carbocycles. The van der Waals surface area contributed by atoms with E-state index in [1.165, 1.54) is 13.2 Å². The van der Waals surface area contributed by atoms with Crippen LogP contribution < -0.4 is 4.74 Å². The van der Waals surface area contributed by atoms with Crippen LogP contribution >= 0.6 is 11.6 Å². The van der Waals surface area contributed by atoms with Crippen LogP contribution in [0.2, 0.25) is 5.02 Å². The maximum Gasteiger partial charge on any atom is 0.325 e. The molecule has 0 spiro atoms. The first-order chi connectivity index (χ1) is 9.54. The van der Waals surface area contributed by atoms with Gasteiger partial charge in [0.1, 0.15) is 5.75 Å². The van der Waals surface area contributed by atoms with E-state index >= 15 is 0 Å². The number of hydrogen-bond donors (Lipinski definition) is 0. The molecule has 0 heterocycles. The van der Waals surface area contributed by atoms with Crippen molar-refractivity contribution in [2.24, 2.45) is 0 Å². The van der Waals surface area contributed by atoms with Crippen molar-refractivity contribution < 1.29 is 23.8 Å². The first kappa shape index (κ1) is 16.3. The summed E-state index contributed by atoms with van der Waals surface area (Å²) in [4.78, 5) is 24.0. The van der Waals surface area contributed by atoms with Crippen LogP contribution in [0.25, 0.3) is 0 Å². The van der Waals surface area contributed by atoms with Crippen molar-refractivity contribution in [3.8, 4) is 5.75 Å². The predicted octanol–water partition coefficient (Wildman–Crippen LogP) is 2.56. The van der Waals surface area contributed by atoms with Gasteiger partial charge in [0.15, 0.2) is 5.92 Å². The predicted molar refractivity (Wildman–Crippen MR) is 74.0 cm³/mol. The number of hydrogen-bond acceptors (Lipinski definition) is 5. The number of halogens is 1. The van der Waals surface area contributed by atoms with Crippen molar-refractivity contribution in [3.63, 3.8) is 0 Å². The highest BCUT2D eigenvalue weighted by Crippen LogP contribution is 2.31. The molecule has 0 radical (unpaired) electrons. The van der Waals surface area contributed by atoms with Crippen LogP contribution in [0.4, 0.5) is 0 Å². The molecule has 1 aromatic rings. The lowest BCUT2D eigenvalue weighted by Gasteiger charge is -2.17. The average molecular weight is 301 g/mol. The minimum absolute atomic E-state index is 0.164. The summed E-state index contributed by atoms with van der Waals surface area (Å²) in [5.74, 6) is -2.21. The Morgan fingerprint density at radius 2 is 1.70 bits per heavy atom. The average Bonchev–Trinajstić information content (AvgIpc) is 2.40. The van der Waals surface area contributed by atoms with E-state index in [9.17, 15) is 9.59 Å². The number of carbonyl (C=O) groups is 2. The molecule has 1 rings (SSSR count). The second-order valence-electron chi connectivity index (χ2n) is 3.82. The van der Waals surface area contributed by atoms with Crippen molar-refractivity contribution in [3.05, 3.63) is 28.8 Å². The van der Waals surface area contributed by atoms with Crippen molar-refractivity contribution >= 4 is 23.5 Å². The summed E-state index contributed by atoms with van der Waals surface area (Å²) in [6.45, 7) is 3.65. The topological polar surface area (TPSA) is 61.8 Å². The van der Waals surface area contributed by atoms with Gasteiger partial charge in [-0.05, 0) is 32.0 Å². The Hall–Kier alpha value is -1.75. The summed E-state index contributed by atoms with van der Waals surface area (Å²) >= 11 is 5.92. The number of carbonyl (C=O) groups excluding carboxylic acids is 2. The Labute approximate surface area is 122 Å². The summed E-state index contributed by atoms with van der Waals surface area (Å²) in [5, 5.41) is 0.388. The second kappa shape index (κ2) is 7.75. The second-order valence-corrected chi connectivity index (χ2v) is 4.26. The van der Waals surface area contributed by atoms with Crippen LogP contribution in [0.15, 0.2) is 18.2 Å². The van der Waals surface area contributed by atoms with E-state index in [1.807, 2.05) is 0 Å². The zero-order valence-corrected chi connectivity index (χ0v) is 12.4. The highest BCUT2D eigenvalue weighted by atomic mass is 35.5. The van der Waals surface area contributed by atoms with E-state index in [4.69, 9.17) is 25.8 Å². The standard InChI is InChI=1S/C14H17ClO5/c1-4-19-13(16)12(14(17)20-5-2)10-8-9(15)6-7-11(10)18-3/h6-8,12H,4-5H2,1-3H3. The lowest BCUT2D eigenvalue weighted by atomic mass is 9.98. The first-order valence-corrected chi connectivity index (χ1v) is 6.59. The van der Waals surface area contributed by atoms with Crippen LogP contribution in [0.1, 0.15) is 25.3 Å². The number of methoxy groups -OCH3 is 1. The minimum atomic E-state index is -1.21. The molecule has 6 heteroatoms. The smallest absolute Gasteiger partial charge is 0.325 e. The quantitative estimate of drug-likeness (QED) is 0.597. The van der Waals surface area contributed by atoms with Gasteiger partial charge in [-0.25, -0.2) is 0 Å². The molecule has 0 aliphatic carbocycles. The summed E-state index contributed by atoms with van der Waals surface area (Å²) in [6, 6.07) is 4.69. The van der Waals surface area contributed by atoms with E-state index in [1.54, 1.807) is 26.0 Å². The lowest BCUT2D eigenvalue weighted by Crippen LogP contribution is -2.26. The summed E-state index contributed by atoms with van der Waals surface area (Å²) in [6.07, 6.45) is 0. The van der Waals surface area contributed by atoms with Crippen LogP contribution in [-0.4, -0.2) is 32.3 Å². The molecule has 0 unspecified atom stereocenters. The zero-order chi connectivity index (χ0) is 15.1. The van der Waals surface area contributed by atoms with Crippen LogP contribution in [0, 0.1) is 0 Å². The van der Waals surface area contributed by atoms with Crippen LogP contribution in [-0.2, 0) is 19.1 Å². The Balaban J connectivity index is 3.25. The molecule has 0 saturated carbocycles. The third kappa shape index (κ3) is 3.87. The molecule has 0 amide bonds. The summed E-state index contributed by atoms with van der Waals surface area (Å²) < 4.78 is 15.0. The van der Waals surface area contributed by atoms with E-state index in [2.05, 4.69) is 0 Å². The summed E-state index contributed by atoms with van der Waals surface area (Å²) in [5.41, 5.74) is 0.330. The lowest BCUT2D eigenvalue weighted by molar-refractivity contribution is -0.157. The van der Waals surface area contributed by atoms with Gasteiger partial charge in [-0.1, -0.05) is 11.6 Å². The number of benzene rings is 1. The zero-order valence-electron chi connectivity index (χ0n) is 11.6. The van der Waals surface area contributed by atoms with E-state index in [0.29, 0.717) is 16.3 Å². The Morgan fingerprint density at radius 1 is 1.15 bits per heavy atom. The third-order valence-electron chi connectivity index (χ3n) is 2.55. The largest absolute Gasteiger partial charge is 0.496 e. The molecule has 0 atom stereocenters. The van der Waals surface area contributed by atoms with E-state index in [0.717, 1.165) is 0 Å². The molecular weight excluding hydrogens is 284 g/mol. The molecular formula is C14H17ClO5. The molecule has 5 nitrogen and oxygen atoms in total. The van der Waals surface area contributed by atoms with Crippen molar-refractivity contribution in [2.75, 3.05) is 20.3 Å². The molecule has 0 saturated heterocycles. The van der Waals surface area contributed by atoms with Crippen molar-refractivity contribution in [2.45, 2.75) is 19.8 Å². The van der Waals surface area contributed by atoms with E-state index < -0.39 is 17.9 Å². The van der Waals surface area contributed by atoms with Crippen molar-refractivity contribution in [1.29, 1.82) is 0 Å². The summed E-state index contributed by atoms with van der Waals surface area (Å²) in [7, 11) is 1.44. The fourth-order valence-corrected chi connectivity index (χ4v) is 1.91. The molecule has 0 aliphatic heterocycles. The fraction of sp³-hybridized carbons (Fsp3) is 0.429. The minimum Gasteiger partial charge on any atom is -0.496 e. The molecule has 0 aliphatic rings. The molecule has 110 valence electrons. The molecule has 0 N–H and O–H groups in total. The fourth-order valence-electron chi connectivity index (χ4n) is 1.73. The normalized spacial score (nSPS) is 10.2. The van der Waals surface area contributed by atoms with Gasteiger partial charge in [0.25, 0.3) is 0 Å². The Morgan fingerprint density at radius 3 is 2.15 bits per heavy atom. The van der Waals surface area contributed by atoms with E-state index in [-0.39, 0.29) is 13.2 Å². The monoisotopic (exact) mass is 300 g/mol. The van der Waals surface area contributed by atoms with Gasteiger partial charge >= 0.3 is 11.9 Å². The Kier molecular flexibility index (Phi) is 6.31. The molecule has 0 fully saturated rings. The Bertz CT molecular complexity index is 468. The van der Waals surface area contributed by atoms with Gasteiger partial charge in [0, 0.05) is 10.6 Å². The van der Waals surface area contributed by atoms with Crippen molar-refractivity contribution in [1.82, 2.24) is 0 Å². The van der Waals surface area contributed by atoms with Crippen LogP contribution in [0.3, 0.4) is 0 Å². The van der Waals surface area contributed by atoms with Crippen LogP contribution in [0.5, 0.6) is 5.75 Å². The van der Waals surface area contributed by atoms with Gasteiger partial charge < -0.3 is 14.2 Å². The number of ether oxygens (including phenoxy) is 3. The molecule has 20 heavy (non-hydrogen) atoms. The maximum absolute atomic E-state index is 12.0. The molecule has 0 aromatic heterocycles. The van der Waals surface area contributed by atoms with Gasteiger partial charge in [-0.3, -0.25) is 9.59 Å². The third-order valence-corrected chi connectivity index (χ3v) is 2.78. The number of esters is 2. The number of rotatable bonds is 6. The van der Waals surface area contributed by atoms with Gasteiger partial charge in [0.2, 0.25) is 0 Å². The van der Waals surface area contributed by atoms with Gasteiger partial charge in [-0.2, -0.15) is 0 Å².